The third-order valence-corrected chi connectivity index (χ3v) is 2.55. The Bertz CT molecular complexity index is 624. The molecule has 5 nitrogen and oxygen atoms in total. The van der Waals surface area contributed by atoms with Gasteiger partial charge in [-0.25, -0.2) is 0 Å². The van der Waals surface area contributed by atoms with Gasteiger partial charge in [-0.3, -0.25) is 4.79 Å². The molecule has 2 rings (SSSR count). The second-order valence-corrected chi connectivity index (χ2v) is 3.99. The van der Waals surface area contributed by atoms with Crippen molar-refractivity contribution in [1.82, 2.24) is 10.5 Å². The van der Waals surface area contributed by atoms with Gasteiger partial charge in [0.05, 0.1) is 18.7 Å². The molecule has 0 spiro atoms. The third-order valence-electron chi connectivity index (χ3n) is 2.55. The first kappa shape index (κ1) is 13.8. The SMILES string of the molecule is O=C(NCc1ccon1)c1ccccc1C#CCCO. The lowest BCUT2D eigenvalue weighted by Gasteiger charge is -2.05. The Morgan fingerprint density at radius 1 is 1.35 bits per heavy atom. The number of aromatic nitrogens is 1. The zero-order valence-corrected chi connectivity index (χ0v) is 10.8. The Balaban J connectivity index is 2.07. The first-order valence-electron chi connectivity index (χ1n) is 6.17. The molecule has 0 bridgehead atoms. The van der Waals surface area contributed by atoms with Crippen LogP contribution in [0.5, 0.6) is 0 Å². The van der Waals surface area contributed by atoms with Crippen molar-refractivity contribution in [2.45, 2.75) is 13.0 Å². The molecular weight excluding hydrogens is 256 g/mol. The number of nitrogens with one attached hydrogen (secondary N) is 1. The van der Waals surface area contributed by atoms with E-state index in [9.17, 15) is 4.79 Å². The molecule has 0 atom stereocenters. The number of benzene rings is 1. The van der Waals surface area contributed by atoms with E-state index < -0.39 is 0 Å². The van der Waals surface area contributed by atoms with Crippen molar-refractivity contribution in [1.29, 1.82) is 0 Å². The van der Waals surface area contributed by atoms with Crippen molar-refractivity contribution >= 4 is 5.91 Å². The number of amides is 1. The van der Waals surface area contributed by atoms with Gasteiger partial charge in [0, 0.05) is 18.1 Å². The van der Waals surface area contributed by atoms with Crippen LogP contribution in [0.3, 0.4) is 0 Å². The molecule has 0 radical (unpaired) electrons. The monoisotopic (exact) mass is 270 g/mol. The van der Waals surface area contributed by atoms with E-state index >= 15 is 0 Å². The number of hydrogen-bond acceptors (Lipinski definition) is 4. The number of aliphatic hydroxyl groups is 1. The molecule has 1 heterocycles. The molecule has 1 aromatic heterocycles. The van der Waals surface area contributed by atoms with Crippen LogP contribution in [0.4, 0.5) is 0 Å². The summed E-state index contributed by atoms with van der Waals surface area (Å²) in [7, 11) is 0. The van der Waals surface area contributed by atoms with Crippen LogP contribution in [0.1, 0.15) is 28.0 Å². The first-order chi connectivity index (χ1) is 9.81. The Morgan fingerprint density at radius 2 is 2.20 bits per heavy atom. The number of aliphatic hydroxyl groups excluding tert-OH is 1. The normalized spacial score (nSPS) is 9.65. The number of nitrogens with zero attached hydrogens (tertiary/aromatic N) is 1. The summed E-state index contributed by atoms with van der Waals surface area (Å²) in [6.45, 7) is 0.307. The minimum Gasteiger partial charge on any atom is -0.395 e. The summed E-state index contributed by atoms with van der Waals surface area (Å²) in [4.78, 5) is 12.1. The van der Waals surface area contributed by atoms with Crippen LogP contribution in [0, 0.1) is 11.8 Å². The molecule has 0 saturated heterocycles. The van der Waals surface area contributed by atoms with Crippen molar-refractivity contribution in [3.63, 3.8) is 0 Å². The highest BCUT2D eigenvalue weighted by Gasteiger charge is 2.09. The molecule has 1 amide bonds. The molecule has 0 aliphatic rings. The highest BCUT2D eigenvalue weighted by Crippen LogP contribution is 2.07. The van der Waals surface area contributed by atoms with Gasteiger partial charge in [-0.2, -0.15) is 0 Å². The quantitative estimate of drug-likeness (QED) is 0.822. The minimum absolute atomic E-state index is 0.00746. The summed E-state index contributed by atoms with van der Waals surface area (Å²) in [5.41, 5.74) is 1.79. The van der Waals surface area contributed by atoms with Crippen LogP contribution < -0.4 is 5.32 Å². The number of rotatable bonds is 4. The minimum atomic E-state index is -0.220. The topological polar surface area (TPSA) is 75.4 Å². The number of hydrogen-bond donors (Lipinski definition) is 2. The second-order valence-electron chi connectivity index (χ2n) is 3.99. The average Bonchev–Trinajstić information content (AvgIpc) is 2.99. The predicted octanol–water partition coefficient (Wildman–Crippen LogP) is 1.34. The molecule has 1 aromatic carbocycles. The van der Waals surface area contributed by atoms with Gasteiger partial charge in [0.2, 0.25) is 0 Å². The van der Waals surface area contributed by atoms with Crippen LogP contribution >= 0.6 is 0 Å². The highest BCUT2D eigenvalue weighted by atomic mass is 16.5. The Labute approximate surface area is 116 Å². The fourth-order valence-electron chi connectivity index (χ4n) is 1.60. The Kier molecular flexibility index (Phi) is 4.93. The van der Waals surface area contributed by atoms with E-state index in [4.69, 9.17) is 9.63 Å². The van der Waals surface area contributed by atoms with Gasteiger partial charge in [0.1, 0.15) is 12.0 Å². The molecule has 102 valence electrons. The van der Waals surface area contributed by atoms with Crippen molar-refractivity contribution in [2.75, 3.05) is 6.61 Å². The summed E-state index contributed by atoms with van der Waals surface area (Å²) < 4.78 is 4.69. The highest BCUT2D eigenvalue weighted by molar-refractivity contribution is 5.96. The van der Waals surface area contributed by atoms with Gasteiger partial charge in [-0.05, 0) is 12.1 Å². The lowest BCUT2D eigenvalue weighted by Crippen LogP contribution is -2.23. The van der Waals surface area contributed by atoms with Gasteiger partial charge >= 0.3 is 0 Å². The lowest BCUT2D eigenvalue weighted by atomic mass is 10.1. The molecule has 0 saturated carbocycles. The van der Waals surface area contributed by atoms with E-state index in [-0.39, 0.29) is 12.5 Å². The molecule has 5 heteroatoms. The summed E-state index contributed by atoms with van der Waals surface area (Å²) in [6, 6.07) is 8.77. The van der Waals surface area contributed by atoms with E-state index in [0.717, 1.165) is 0 Å². The number of carbonyl (C=O) groups excluding carboxylic acids is 1. The van der Waals surface area contributed by atoms with E-state index in [0.29, 0.717) is 29.8 Å². The summed E-state index contributed by atoms with van der Waals surface area (Å²) in [5, 5.41) is 15.2. The molecule has 0 unspecified atom stereocenters. The summed E-state index contributed by atoms with van der Waals surface area (Å²) in [6.07, 6.45) is 1.84. The van der Waals surface area contributed by atoms with Gasteiger partial charge in [0.15, 0.2) is 0 Å². The van der Waals surface area contributed by atoms with Crippen molar-refractivity contribution in [3.05, 3.63) is 53.4 Å². The zero-order valence-electron chi connectivity index (χ0n) is 10.8. The van der Waals surface area contributed by atoms with E-state index in [1.807, 2.05) is 6.07 Å². The molecule has 2 N–H and O–H groups in total. The Hall–Kier alpha value is -2.58. The molecule has 20 heavy (non-hydrogen) atoms. The zero-order chi connectivity index (χ0) is 14.2. The molecule has 0 aliphatic heterocycles. The number of carbonyl (C=O) groups is 1. The van der Waals surface area contributed by atoms with Gasteiger partial charge in [0.25, 0.3) is 5.91 Å². The predicted molar refractivity (Wildman–Crippen MR) is 72.7 cm³/mol. The smallest absolute Gasteiger partial charge is 0.252 e. The van der Waals surface area contributed by atoms with Crippen molar-refractivity contribution in [3.8, 4) is 11.8 Å². The third kappa shape index (κ3) is 3.70. The fraction of sp³-hybridized carbons (Fsp3) is 0.200. The van der Waals surface area contributed by atoms with Crippen LogP contribution in [0.25, 0.3) is 0 Å². The molecule has 0 fully saturated rings. The fourth-order valence-corrected chi connectivity index (χ4v) is 1.60. The van der Waals surface area contributed by atoms with E-state index in [2.05, 4.69) is 22.3 Å². The van der Waals surface area contributed by atoms with Crippen molar-refractivity contribution in [2.24, 2.45) is 0 Å². The van der Waals surface area contributed by atoms with Crippen LogP contribution in [-0.4, -0.2) is 22.8 Å². The standard InChI is InChI=1S/C15H14N2O3/c18-9-4-3-6-12-5-1-2-7-14(12)15(19)16-11-13-8-10-20-17-13/h1-2,5,7-8,10,18H,4,9,11H2,(H,16,19). The average molecular weight is 270 g/mol. The van der Waals surface area contributed by atoms with E-state index in [1.165, 1.54) is 6.26 Å². The molecule has 0 aliphatic carbocycles. The summed E-state index contributed by atoms with van der Waals surface area (Å²) in [5.74, 6) is 5.47. The van der Waals surface area contributed by atoms with E-state index in [1.54, 1.807) is 24.3 Å². The van der Waals surface area contributed by atoms with Crippen LogP contribution in [-0.2, 0) is 6.54 Å². The van der Waals surface area contributed by atoms with Crippen LogP contribution in [0.2, 0.25) is 0 Å². The molecular formula is C15H14N2O3. The maximum Gasteiger partial charge on any atom is 0.252 e. The summed E-state index contributed by atoms with van der Waals surface area (Å²) >= 11 is 0. The second kappa shape index (κ2) is 7.12. The van der Waals surface area contributed by atoms with Gasteiger partial charge in [-0.1, -0.05) is 29.1 Å². The largest absolute Gasteiger partial charge is 0.395 e. The van der Waals surface area contributed by atoms with Crippen LogP contribution in [0.15, 0.2) is 41.1 Å². The maximum atomic E-state index is 12.1. The lowest BCUT2D eigenvalue weighted by molar-refractivity contribution is 0.0950. The molecule has 2 aromatic rings. The van der Waals surface area contributed by atoms with Gasteiger partial charge < -0.3 is 14.9 Å². The maximum absolute atomic E-state index is 12.1. The first-order valence-corrected chi connectivity index (χ1v) is 6.17. The Morgan fingerprint density at radius 3 is 2.95 bits per heavy atom. The van der Waals surface area contributed by atoms with Gasteiger partial charge in [-0.15, -0.1) is 0 Å². The van der Waals surface area contributed by atoms with Crippen molar-refractivity contribution < 1.29 is 14.4 Å².